The van der Waals surface area contributed by atoms with Gasteiger partial charge in [-0.2, -0.15) is 0 Å². The van der Waals surface area contributed by atoms with Crippen LogP contribution in [0.4, 0.5) is 0 Å². The first-order valence-electron chi connectivity index (χ1n) is 8.73. The highest BCUT2D eigenvalue weighted by molar-refractivity contribution is 6.36. The zero-order valence-electron chi connectivity index (χ0n) is 14.6. The Morgan fingerprint density at radius 2 is 1.74 bits per heavy atom. The van der Waals surface area contributed by atoms with Crippen molar-refractivity contribution >= 4 is 46.6 Å². The van der Waals surface area contributed by atoms with Crippen molar-refractivity contribution in [2.45, 2.75) is 31.8 Å². The SMILES string of the molecule is O=C(NC1CCCCN(Cc2ccc(Cl)cc2)C1=O)c1ccc(Cl)cc1Cl. The van der Waals surface area contributed by atoms with Gasteiger partial charge in [0.15, 0.2) is 0 Å². The molecule has 27 heavy (non-hydrogen) atoms. The molecule has 3 rings (SSSR count). The van der Waals surface area contributed by atoms with E-state index >= 15 is 0 Å². The Hall–Kier alpha value is -1.75. The second kappa shape index (κ2) is 8.96. The smallest absolute Gasteiger partial charge is 0.253 e. The minimum Gasteiger partial charge on any atom is -0.340 e. The molecule has 2 aromatic carbocycles. The number of carbonyl (C=O) groups excluding carboxylic acids is 2. The van der Waals surface area contributed by atoms with Crippen LogP contribution in [0.3, 0.4) is 0 Å². The number of likely N-dealkylation sites (tertiary alicyclic amines) is 1. The lowest BCUT2D eigenvalue weighted by Crippen LogP contribution is -2.47. The molecule has 0 radical (unpaired) electrons. The largest absolute Gasteiger partial charge is 0.340 e. The fourth-order valence-electron chi connectivity index (χ4n) is 3.12. The number of rotatable bonds is 4. The maximum absolute atomic E-state index is 13.0. The van der Waals surface area contributed by atoms with Crippen molar-refractivity contribution < 1.29 is 9.59 Å². The molecule has 4 nitrogen and oxygen atoms in total. The molecule has 0 aliphatic carbocycles. The Labute approximate surface area is 173 Å². The van der Waals surface area contributed by atoms with E-state index < -0.39 is 6.04 Å². The molecule has 142 valence electrons. The van der Waals surface area contributed by atoms with Crippen LogP contribution in [0.5, 0.6) is 0 Å². The lowest BCUT2D eigenvalue weighted by molar-refractivity contribution is -0.133. The molecular weight excluding hydrogens is 407 g/mol. The molecule has 0 aromatic heterocycles. The van der Waals surface area contributed by atoms with Crippen LogP contribution in [0.2, 0.25) is 15.1 Å². The molecule has 1 fully saturated rings. The molecule has 2 aromatic rings. The number of nitrogens with one attached hydrogen (secondary N) is 1. The predicted octanol–water partition coefficient (Wildman–Crippen LogP) is 4.96. The first-order chi connectivity index (χ1) is 12.9. The second-order valence-corrected chi connectivity index (χ2v) is 7.81. The van der Waals surface area contributed by atoms with Gasteiger partial charge in [0.05, 0.1) is 10.6 Å². The Balaban J connectivity index is 1.71. The summed E-state index contributed by atoms with van der Waals surface area (Å²) in [4.78, 5) is 27.3. The van der Waals surface area contributed by atoms with Crippen LogP contribution >= 0.6 is 34.8 Å². The summed E-state index contributed by atoms with van der Waals surface area (Å²) >= 11 is 17.9. The topological polar surface area (TPSA) is 49.4 Å². The van der Waals surface area contributed by atoms with Crippen molar-refractivity contribution in [1.82, 2.24) is 10.2 Å². The van der Waals surface area contributed by atoms with Crippen molar-refractivity contribution in [3.05, 3.63) is 68.7 Å². The van der Waals surface area contributed by atoms with Gasteiger partial charge in [-0.15, -0.1) is 0 Å². The molecular formula is C20H19Cl3N2O2. The quantitative estimate of drug-likeness (QED) is 0.753. The van der Waals surface area contributed by atoms with E-state index in [4.69, 9.17) is 34.8 Å². The van der Waals surface area contributed by atoms with Crippen LogP contribution < -0.4 is 5.32 Å². The van der Waals surface area contributed by atoms with Gasteiger partial charge in [0.2, 0.25) is 5.91 Å². The average Bonchev–Trinajstić information content (AvgIpc) is 2.79. The van der Waals surface area contributed by atoms with Gasteiger partial charge in [-0.05, 0) is 55.2 Å². The summed E-state index contributed by atoms with van der Waals surface area (Å²) in [5.74, 6) is -0.454. The molecule has 1 saturated heterocycles. The maximum Gasteiger partial charge on any atom is 0.253 e. The van der Waals surface area contributed by atoms with E-state index in [-0.39, 0.29) is 16.8 Å². The molecule has 2 amide bonds. The number of hydrogen-bond donors (Lipinski definition) is 1. The minimum atomic E-state index is -0.570. The number of amides is 2. The van der Waals surface area contributed by atoms with E-state index in [2.05, 4.69) is 5.32 Å². The first-order valence-corrected chi connectivity index (χ1v) is 9.86. The standard InChI is InChI=1S/C20H19Cl3N2O2/c21-14-6-4-13(5-7-14)12-25-10-2-1-3-18(20(25)27)24-19(26)16-9-8-15(22)11-17(16)23/h4-9,11,18H,1-3,10,12H2,(H,24,26). The molecule has 1 heterocycles. The summed E-state index contributed by atoms with van der Waals surface area (Å²) in [7, 11) is 0. The third-order valence-corrected chi connectivity index (χ3v) is 5.35. The Morgan fingerprint density at radius 1 is 1.04 bits per heavy atom. The van der Waals surface area contributed by atoms with Gasteiger partial charge in [0.25, 0.3) is 5.91 Å². The van der Waals surface area contributed by atoms with Gasteiger partial charge in [0.1, 0.15) is 6.04 Å². The molecule has 1 aliphatic heterocycles. The fourth-order valence-corrected chi connectivity index (χ4v) is 3.74. The van der Waals surface area contributed by atoms with Crippen molar-refractivity contribution in [3.63, 3.8) is 0 Å². The third-order valence-electron chi connectivity index (χ3n) is 4.55. The van der Waals surface area contributed by atoms with Crippen LogP contribution in [-0.4, -0.2) is 29.3 Å². The predicted molar refractivity (Wildman–Crippen MR) is 108 cm³/mol. The van der Waals surface area contributed by atoms with E-state index in [0.717, 1.165) is 18.4 Å². The lowest BCUT2D eigenvalue weighted by Gasteiger charge is -2.25. The second-order valence-electron chi connectivity index (χ2n) is 6.53. The monoisotopic (exact) mass is 424 g/mol. The van der Waals surface area contributed by atoms with E-state index in [1.165, 1.54) is 6.07 Å². The average molecular weight is 426 g/mol. The van der Waals surface area contributed by atoms with Crippen LogP contribution in [-0.2, 0) is 11.3 Å². The summed E-state index contributed by atoms with van der Waals surface area (Å²) in [6, 6.07) is 11.5. The van der Waals surface area contributed by atoms with E-state index in [9.17, 15) is 9.59 Å². The summed E-state index contributed by atoms with van der Waals surface area (Å²) < 4.78 is 0. The molecule has 1 atom stereocenters. The van der Waals surface area contributed by atoms with E-state index in [1.54, 1.807) is 29.2 Å². The summed E-state index contributed by atoms with van der Waals surface area (Å²) in [5, 5.41) is 4.21. The Morgan fingerprint density at radius 3 is 2.44 bits per heavy atom. The van der Waals surface area contributed by atoms with E-state index in [0.29, 0.717) is 35.1 Å². The zero-order valence-corrected chi connectivity index (χ0v) is 16.8. The zero-order chi connectivity index (χ0) is 19.4. The van der Waals surface area contributed by atoms with E-state index in [1.807, 2.05) is 12.1 Å². The highest BCUT2D eigenvalue weighted by Gasteiger charge is 2.29. The van der Waals surface area contributed by atoms with Crippen molar-refractivity contribution in [1.29, 1.82) is 0 Å². The van der Waals surface area contributed by atoms with Crippen molar-refractivity contribution in [2.24, 2.45) is 0 Å². The highest BCUT2D eigenvalue weighted by atomic mass is 35.5. The third kappa shape index (κ3) is 5.16. The molecule has 7 heteroatoms. The summed E-state index contributed by atoms with van der Waals surface area (Å²) in [5.41, 5.74) is 1.31. The molecule has 1 N–H and O–H groups in total. The Bertz CT molecular complexity index is 840. The lowest BCUT2D eigenvalue weighted by atomic mass is 10.1. The van der Waals surface area contributed by atoms with Gasteiger partial charge in [0, 0.05) is 23.1 Å². The number of benzene rings is 2. The Kier molecular flexibility index (Phi) is 6.64. The first kappa shape index (κ1) is 20.0. The van der Waals surface area contributed by atoms with Crippen LogP contribution in [0, 0.1) is 0 Å². The summed E-state index contributed by atoms with van der Waals surface area (Å²) in [6.45, 7) is 1.15. The maximum atomic E-state index is 13.0. The van der Waals surface area contributed by atoms with Crippen molar-refractivity contribution in [2.75, 3.05) is 6.54 Å². The number of nitrogens with zero attached hydrogens (tertiary/aromatic N) is 1. The number of halogens is 3. The fraction of sp³-hybridized carbons (Fsp3) is 0.300. The normalized spacial score (nSPS) is 17.5. The summed E-state index contributed by atoms with van der Waals surface area (Å²) in [6.07, 6.45) is 2.36. The van der Waals surface area contributed by atoms with Crippen LogP contribution in [0.1, 0.15) is 35.2 Å². The highest BCUT2D eigenvalue weighted by Crippen LogP contribution is 2.22. The van der Waals surface area contributed by atoms with Gasteiger partial charge < -0.3 is 10.2 Å². The van der Waals surface area contributed by atoms with Gasteiger partial charge in [-0.25, -0.2) is 0 Å². The molecule has 0 saturated carbocycles. The van der Waals surface area contributed by atoms with Crippen molar-refractivity contribution in [3.8, 4) is 0 Å². The van der Waals surface area contributed by atoms with Crippen LogP contribution in [0.15, 0.2) is 42.5 Å². The van der Waals surface area contributed by atoms with Crippen LogP contribution in [0.25, 0.3) is 0 Å². The molecule has 1 aliphatic rings. The molecule has 0 spiro atoms. The molecule has 1 unspecified atom stereocenters. The minimum absolute atomic E-state index is 0.0825. The van der Waals surface area contributed by atoms with Gasteiger partial charge >= 0.3 is 0 Å². The number of hydrogen-bond acceptors (Lipinski definition) is 2. The van der Waals surface area contributed by atoms with Gasteiger partial charge in [-0.3, -0.25) is 9.59 Å². The van der Waals surface area contributed by atoms with Gasteiger partial charge in [-0.1, -0.05) is 46.9 Å². The number of carbonyl (C=O) groups is 2. The molecule has 0 bridgehead atoms.